The summed E-state index contributed by atoms with van der Waals surface area (Å²) in [5.74, 6) is 1.47. The lowest BCUT2D eigenvalue weighted by molar-refractivity contribution is 0.0301. The molecule has 1 aliphatic carbocycles. The van der Waals surface area contributed by atoms with Crippen LogP contribution in [0.3, 0.4) is 0 Å². The molecule has 0 bridgehead atoms. The van der Waals surface area contributed by atoms with E-state index in [-0.39, 0.29) is 5.41 Å². The number of aliphatic hydroxyl groups is 1. The number of rotatable bonds is 5. The van der Waals surface area contributed by atoms with Gasteiger partial charge >= 0.3 is 0 Å². The van der Waals surface area contributed by atoms with Crippen molar-refractivity contribution in [3.8, 4) is 5.75 Å². The Morgan fingerprint density at radius 1 is 1.55 bits per heavy atom. The van der Waals surface area contributed by atoms with Crippen LogP contribution in [0.15, 0.2) is 22.7 Å². The van der Waals surface area contributed by atoms with Crippen molar-refractivity contribution in [2.75, 3.05) is 13.7 Å². The Morgan fingerprint density at radius 2 is 2.30 bits per heavy atom. The molecule has 0 spiro atoms. The highest BCUT2D eigenvalue weighted by atomic mass is 79.9. The zero-order valence-electron chi connectivity index (χ0n) is 12.2. The van der Waals surface area contributed by atoms with Crippen molar-refractivity contribution in [1.82, 2.24) is 0 Å². The van der Waals surface area contributed by atoms with Crippen LogP contribution in [0.4, 0.5) is 0 Å². The second-order valence-corrected chi connectivity index (χ2v) is 6.73. The molecule has 3 unspecified atom stereocenters. The van der Waals surface area contributed by atoms with Gasteiger partial charge in [0.25, 0.3) is 0 Å². The predicted octanol–water partition coefficient (Wildman–Crippen LogP) is 3.65. The van der Waals surface area contributed by atoms with E-state index in [1.165, 1.54) is 12.8 Å². The molecule has 0 aromatic heterocycles. The summed E-state index contributed by atoms with van der Waals surface area (Å²) in [4.78, 5) is 0. The molecule has 1 aromatic rings. The molecule has 1 aromatic carbocycles. The molecule has 0 heterocycles. The first-order valence-corrected chi connectivity index (χ1v) is 8.07. The molecule has 3 atom stereocenters. The van der Waals surface area contributed by atoms with Gasteiger partial charge in [-0.1, -0.05) is 19.4 Å². The predicted molar refractivity (Wildman–Crippen MR) is 84.8 cm³/mol. The van der Waals surface area contributed by atoms with E-state index in [1.54, 1.807) is 7.11 Å². The Balaban J connectivity index is 2.25. The smallest absolute Gasteiger partial charge is 0.133 e. The SMILES string of the molecule is CCC1CCC(CN)(C(O)c2ccc(OC)c(Br)c2)C1. The maximum Gasteiger partial charge on any atom is 0.133 e. The summed E-state index contributed by atoms with van der Waals surface area (Å²) < 4.78 is 6.11. The van der Waals surface area contributed by atoms with Gasteiger partial charge in [0.15, 0.2) is 0 Å². The second-order valence-electron chi connectivity index (χ2n) is 5.88. The largest absolute Gasteiger partial charge is 0.496 e. The number of methoxy groups -OCH3 is 1. The number of aliphatic hydroxyl groups excluding tert-OH is 1. The molecular formula is C16H24BrNO2. The van der Waals surface area contributed by atoms with E-state index in [4.69, 9.17) is 10.5 Å². The minimum Gasteiger partial charge on any atom is -0.496 e. The van der Waals surface area contributed by atoms with E-state index >= 15 is 0 Å². The van der Waals surface area contributed by atoms with Gasteiger partial charge < -0.3 is 15.6 Å². The molecule has 20 heavy (non-hydrogen) atoms. The van der Waals surface area contributed by atoms with Crippen molar-refractivity contribution in [3.05, 3.63) is 28.2 Å². The maximum atomic E-state index is 10.8. The minimum atomic E-state index is -0.508. The molecule has 112 valence electrons. The highest BCUT2D eigenvalue weighted by Gasteiger charge is 2.43. The van der Waals surface area contributed by atoms with Crippen LogP contribution in [0.2, 0.25) is 0 Å². The summed E-state index contributed by atoms with van der Waals surface area (Å²) >= 11 is 3.48. The molecule has 2 rings (SSSR count). The summed E-state index contributed by atoms with van der Waals surface area (Å²) in [6.45, 7) is 2.75. The molecule has 3 N–H and O–H groups in total. The van der Waals surface area contributed by atoms with Gasteiger partial charge in [-0.15, -0.1) is 0 Å². The second kappa shape index (κ2) is 6.46. The van der Waals surface area contributed by atoms with Crippen LogP contribution < -0.4 is 10.5 Å². The Morgan fingerprint density at radius 3 is 2.80 bits per heavy atom. The topological polar surface area (TPSA) is 55.5 Å². The summed E-state index contributed by atoms with van der Waals surface area (Å²) in [5, 5.41) is 10.8. The van der Waals surface area contributed by atoms with Crippen LogP contribution in [0, 0.1) is 11.3 Å². The van der Waals surface area contributed by atoms with Crippen LogP contribution in [-0.4, -0.2) is 18.8 Å². The van der Waals surface area contributed by atoms with Gasteiger partial charge in [-0.25, -0.2) is 0 Å². The molecule has 1 saturated carbocycles. The fourth-order valence-electron chi connectivity index (χ4n) is 3.37. The third-order valence-electron chi connectivity index (χ3n) is 4.80. The Bertz CT molecular complexity index is 466. The molecule has 1 aliphatic rings. The molecular weight excluding hydrogens is 318 g/mol. The number of hydrogen-bond acceptors (Lipinski definition) is 3. The zero-order chi connectivity index (χ0) is 14.8. The quantitative estimate of drug-likeness (QED) is 0.859. The number of benzene rings is 1. The third-order valence-corrected chi connectivity index (χ3v) is 5.42. The average Bonchev–Trinajstić information content (AvgIpc) is 2.91. The van der Waals surface area contributed by atoms with Crippen molar-refractivity contribution >= 4 is 15.9 Å². The van der Waals surface area contributed by atoms with Crippen LogP contribution in [0.25, 0.3) is 0 Å². The van der Waals surface area contributed by atoms with Gasteiger partial charge in [0, 0.05) is 12.0 Å². The standard InChI is InChI=1S/C16H24BrNO2/c1-3-11-6-7-16(9-11,10-18)15(19)12-4-5-14(20-2)13(17)8-12/h4-5,8,11,15,19H,3,6-7,9-10,18H2,1-2H3. The number of hydrogen-bond donors (Lipinski definition) is 2. The van der Waals surface area contributed by atoms with Gasteiger partial charge in [0.05, 0.1) is 17.7 Å². The Labute approximate surface area is 129 Å². The zero-order valence-corrected chi connectivity index (χ0v) is 13.8. The van der Waals surface area contributed by atoms with E-state index in [0.29, 0.717) is 12.5 Å². The molecule has 0 aliphatic heterocycles. The highest BCUT2D eigenvalue weighted by Crippen LogP contribution is 2.50. The van der Waals surface area contributed by atoms with Crippen LogP contribution in [-0.2, 0) is 0 Å². The fraction of sp³-hybridized carbons (Fsp3) is 0.625. The van der Waals surface area contributed by atoms with Crippen LogP contribution in [0.1, 0.15) is 44.3 Å². The summed E-state index contributed by atoms with van der Waals surface area (Å²) in [6, 6.07) is 5.77. The first-order chi connectivity index (χ1) is 9.56. The summed E-state index contributed by atoms with van der Waals surface area (Å²) in [5.41, 5.74) is 6.77. The van der Waals surface area contributed by atoms with Gasteiger partial charge in [0.2, 0.25) is 0 Å². The molecule has 0 amide bonds. The van der Waals surface area contributed by atoms with E-state index in [0.717, 1.165) is 28.6 Å². The molecule has 0 radical (unpaired) electrons. The molecule has 4 heteroatoms. The van der Waals surface area contributed by atoms with E-state index < -0.39 is 6.10 Å². The van der Waals surface area contributed by atoms with Gasteiger partial charge in [-0.05, 0) is 58.8 Å². The van der Waals surface area contributed by atoms with Gasteiger partial charge in [-0.2, -0.15) is 0 Å². The van der Waals surface area contributed by atoms with Gasteiger partial charge in [0.1, 0.15) is 5.75 Å². The lowest BCUT2D eigenvalue weighted by atomic mass is 9.76. The maximum absolute atomic E-state index is 10.8. The van der Waals surface area contributed by atoms with Crippen molar-refractivity contribution in [2.24, 2.45) is 17.1 Å². The van der Waals surface area contributed by atoms with Gasteiger partial charge in [-0.3, -0.25) is 0 Å². The van der Waals surface area contributed by atoms with Crippen LogP contribution >= 0.6 is 15.9 Å². The van der Waals surface area contributed by atoms with E-state index in [1.807, 2.05) is 18.2 Å². The minimum absolute atomic E-state index is 0.172. The Hall–Kier alpha value is -0.580. The normalized spacial score (nSPS) is 27.6. The number of nitrogens with two attached hydrogens (primary N) is 1. The van der Waals surface area contributed by atoms with Crippen molar-refractivity contribution in [3.63, 3.8) is 0 Å². The number of halogens is 1. The van der Waals surface area contributed by atoms with Crippen molar-refractivity contribution < 1.29 is 9.84 Å². The first kappa shape index (κ1) is 15.8. The summed E-state index contributed by atoms with van der Waals surface area (Å²) in [7, 11) is 1.64. The van der Waals surface area contributed by atoms with Crippen molar-refractivity contribution in [2.45, 2.75) is 38.7 Å². The average molecular weight is 342 g/mol. The highest BCUT2D eigenvalue weighted by molar-refractivity contribution is 9.10. The first-order valence-electron chi connectivity index (χ1n) is 7.28. The Kier molecular flexibility index (Phi) is 5.10. The number of ether oxygens (including phenoxy) is 1. The van der Waals surface area contributed by atoms with E-state index in [9.17, 15) is 5.11 Å². The van der Waals surface area contributed by atoms with E-state index in [2.05, 4.69) is 22.9 Å². The van der Waals surface area contributed by atoms with Crippen molar-refractivity contribution in [1.29, 1.82) is 0 Å². The molecule has 0 saturated heterocycles. The lowest BCUT2D eigenvalue weighted by Crippen LogP contribution is -2.34. The molecule has 1 fully saturated rings. The lowest BCUT2D eigenvalue weighted by Gasteiger charge is -2.34. The van der Waals surface area contributed by atoms with Crippen LogP contribution in [0.5, 0.6) is 5.75 Å². The molecule has 3 nitrogen and oxygen atoms in total. The summed E-state index contributed by atoms with van der Waals surface area (Å²) in [6.07, 6.45) is 3.85. The fourth-order valence-corrected chi connectivity index (χ4v) is 3.93. The monoisotopic (exact) mass is 341 g/mol. The third kappa shape index (κ3) is 2.87.